The topological polar surface area (TPSA) is 61.8 Å². The van der Waals surface area contributed by atoms with Crippen LogP contribution in [-0.2, 0) is 24.0 Å². The quantitative estimate of drug-likeness (QED) is 0.655. The summed E-state index contributed by atoms with van der Waals surface area (Å²) in [6.07, 6.45) is 8.77. The number of ether oxygens (including phenoxy) is 1. The minimum absolute atomic E-state index is 0.236. The van der Waals surface area contributed by atoms with E-state index in [1.807, 2.05) is 16.7 Å². The van der Waals surface area contributed by atoms with E-state index in [0.29, 0.717) is 0 Å². The monoisotopic (exact) mass is 443 g/mol. The Morgan fingerprint density at radius 1 is 0.968 bits per heavy atom. The van der Waals surface area contributed by atoms with Gasteiger partial charge in [-0.25, -0.2) is 18.5 Å². The summed E-state index contributed by atoms with van der Waals surface area (Å²) in [5, 5.41) is 0. The molecule has 2 fully saturated rings. The molecule has 0 N–H and O–H groups in total. The highest BCUT2D eigenvalue weighted by molar-refractivity contribution is 7.81. The van der Waals surface area contributed by atoms with Crippen molar-refractivity contribution in [1.29, 1.82) is 0 Å². The van der Waals surface area contributed by atoms with Gasteiger partial charge in [0.2, 0.25) is 5.95 Å². The minimum Gasteiger partial charge on any atom is -0.490 e. The highest BCUT2D eigenvalue weighted by atomic mass is 32.2. The van der Waals surface area contributed by atoms with Crippen molar-refractivity contribution in [2.45, 2.75) is 38.8 Å². The Hall–Kier alpha value is -2.03. The number of anilines is 1. The lowest BCUT2D eigenvalue weighted by molar-refractivity contribution is 0.170. The molecular weight excluding hydrogens is 410 g/mol. The molecular formula is C23H33N5O2S. The summed E-state index contributed by atoms with van der Waals surface area (Å²) in [4.78, 5) is 13.7. The molecule has 0 bridgehead atoms. The molecule has 1 unspecified atom stereocenters. The molecule has 7 nitrogen and oxygen atoms in total. The van der Waals surface area contributed by atoms with E-state index in [1.165, 1.54) is 11.1 Å². The first kappa shape index (κ1) is 22.2. The average Bonchev–Trinajstić information content (AvgIpc) is 2.81. The summed E-state index contributed by atoms with van der Waals surface area (Å²) in [6, 6.07) is 8.51. The van der Waals surface area contributed by atoms with Crippen molar-refractivity contribution in [3.63, 3.8) is 0 Å². The maximum Gasteiger partial charge on any atom is 0.225 e. The summed E-state index contributed by atoms with van der Waals surface area (Å²) >= 11 is 0. The van der Waals surface area contributed by atoms with Crippen molar-refractivity contribution in [2.24, 2.45) is 0 Å². The van der Waals surface area contributed by atoms with Gasteiger partial charge in [-0.3, -0.25) is 4.90 Å². The Bertz CT molecular complexity index is 845. The van der Waals surface area contributed by atoms with Crippen LogP contribution < -0.4 is 9.64 Å². The second kappa shape index (κ2) is 10.5. The highest BCUT2D eigenvalue weighted by Gasteiger charge is 2.22. The molecule has 0 spiro atoms. The van der Waals surface area contributed by atoms with E-state index in [-0.39, 0.29) is 6.10 Å². The average molecular weight is 444 g/mol. The van der Waals surface area contributed by atoms with E-state index in [1.54, 1.807) is 6.26 Å². The summed E-state index contributed by atoms with van der Waals surface area (Å²) in [5.41, 5.74) is 2.46. The number of rotatable bonds is 7. The van der Waals surface area contributed by atoms with Gasteiger partial charge in [-0.1, -0.05) is 19.1 Å². The largest absolute Gasteiger partial charge is 0.490 e. The molecule has 2 aromatic rings. The zero-order valence-electron chi connectivity index (χ0n) is 18.6. The number of benzene rings is 1. The number of hydrogen-bond acceptors (Lipinski definition) is 6. The normalized spacial score (nSPS) is 20.0. The van der Waals surface area contributed by atoms with Crippen LogP contribution in [0.3, 0.4) is 0 Å². The van der Waals surface area contributed by atoms with Crippen molar-refractivity contribution >= 4 is 16.9 Å². The van der Waals surface area contributed by atoms with Gasteiger partial charge in [0.15, 0.2) is 0 Å². The molecule has 0 saturated carbocycles. The fraction of sp³-hybridized carbons (Fsp3) is 0.565. The number of aromatic nitrogens is 2. The van der Waals surface area contributed by atoms with Gasteiger partial charge < -0.3 is 9.64 Å². The molecule has 31 heavy (non-hydrogen) atoms. The third-order valence-corrected chi connectivity index (χ3v) is 7.24. The first-order chi connectivity index (χ1) is 15.1. The maximum atomic E-state index is 11.6. The van der Waals surface area contributed by atoms with Gasteiger partial charge in [0.05, 0.1) is 11.0 Å². The minimum atomic E-state index is -0.855. The lowest BCUT2D eigenvalue weighted by atomic mass is 10.1. The molecule has 1 atom stereocenters. The third kappa shape index (κ3) is 6.02. The van der Waals surface area contributed by atoms with Crippen molar-refractivity contribution in [1.82, 2.24) is 19.2 Å². The summed E-state index contributed by atoms with van der Waals surface area (Å²) in [5.74, 6) is 1.77. The summed E-state index contributed by atoms with van der Waals surface area (Å²) in [7, 11) is -0.855. The van der Waals surface area contributed by atoms with Crippen molar-refractivity contribution in [3.05, 3.63) is 47.8 Å². The highest BCUT2D eigenvalue weighted by Crippen LogP contribution is 2.22. The lowest BCUT2D eigenvalue weighted by Gasteiger charge is -2.33. The van der Waals surface area contributed by atoms with E-state index in [2.05, 4.69) is 51.0 Å². The van der Waals surface area contributed by atoms with Crippen LogP contribution in [0.25, 0.3) is 0 Å². The predicted octanol–water partition coefficient (Wildman–Crippen LogP) is 2.50. The van der Waals surface area contributed by atoms with Gasteiger partial charge in [-0.2, -0.15) is 0 Å². The zero-order chi connectivity index (χ0) is 21.6. The van der Waals surface area contributed by atoms with Gasteiger partial charge in [-0.15, -0.1) is 0 Å². The van der Waals surface area contributed by atoms with Crippen molar-refractivity contribution in [2.75, 3.05) is 50.4 Å². The van der Waals surface area contributed by atoms with Crippen molar-refractivity contribution in [3.8, 4) is 5.75 Å². The third-order valence-electron chi connectivity index (χ3n) is 6.15. The van der Waals surface area contributed by atoms with Gasteiger partial charge in [-0.05, 0) is 29.7 Å². The molecule has 2 saturated heterocycles. The number of nitrogens with zero attached hydrogens (tertiary/aromatic N) is 5. The molecule has 8 heteroatoms. The zero-order valence-corrected chi connectivity index (χ0v) is 19.4. The molecule has 2 aliphatic heterocycles. The van der Waals surface area contributed by atoms with Crippen LogP contribution >= 0.6 is 0 Å². The van der Waals surface area contributed by atoms with E-state index in [0.717, 1.165) is 76.8 Å². The fourth-order valence-corrected chi connectivity index (χ4v) is 4.81. The molecule has 2 aliphatic rings. The molecule has 0 aliphatic carbocycles. The first-order valence-corrected chi connectivity index (χ1v) is 12.7. The van der Waals surface area contributed by atoms with E-state index < -0.39 is 11.0 Å². The van der Waals surface area contributed by atoms with E-state index in [4.69, 9.17) is 4.74 Å². The van der Waals surface area contributed by atoms with Crippen LogP contribution in [-0.4, -0.2) is 75.0 Å². The first-order valence-electron chi connectivity index (χ1n) is 11.2. The van der Waals surface area contributed by atoms with Gasteiger partial charge in [0.1, 0.15) is 11.9 Å². The molecule has 168 valence electrons. The van der Waals surface area contributed by atoms with Crippen LogP contribution in [0.1, 0.15) is 30.9 Å². The van der Waals surface area contributed by atoms with Crippen molar-refractivity contribution < 1.29 is 8.95 Å². The standard InChI is InChI=1S/C23H33N5O2S/c1-3-19-16-24-23(25-17-19)27-10-8-22(9-11-27)30-21-6-4-20(5-7-21)18-26-12-14-28(15-13-26)31(2)29/h4-7,16-17,22H,3,8-15,18H2,1-2H3. The molecule has 0 amide bonds. The van der Waals surface area contributed by atoms with Crippen LogP contribution in [0.15, 0.2) is 36.7 Å². The smallest absolute Gasteiger partial charge is 0.225 e. The Morgan fingerprint density at radius 2 is 1.61 bits per heavy atom. The number of hydrogen-bond donors (Lipinski definition) is 0. The molecule has 1 aromatic heterocycles. The lowest BCUT2D eigenvalue weighted by Crippen LogP contribution is -2.46. The Morgan fingerprint density at radius 3 is 2.19 bits per heavy atom. The number of aryl methyl sites for hydroxylation is 1. The maximum absolute atomic E-state index is 11.6. The Kier molecular flexibility index (Phi) is 7.53. The SMILES string of the molecule is CCc1cnc(N2CCC(Oc3ccc(CN4CCN(S(C)=O)CC4)cc3)CC2)nc1. The van der Waals surface area contributed by atoms with Gasteiger partial charge in [0, 0.05) is 77.3 Å². The Balaban J connectivity index is 1.22. The van der Waals surface area contributed by atoms with Crippen LogP contribution in [0.4, 0.5) is 5.95 Å². The second-order valence-electron chi connectivity index (χ2n) is 8.32. The van der Waals surface area contributed by atoms with E-state index in [9.17, 15) is 4.21 Å². The predicted molar refractivity (Wildman–Crippen MR) is 125 cm³/mol. The molecule has 1 aromatic carbocycles. The molecule has 0 radical (unpaired) electrons. The van der Waals surface area contributed by atoms with Crippen LogP contribution in [0.2, 0.25) is 0 Å². The van der Waals surface area contributed by atoms with E-state index >= 15 is 0 Å². The van der Waals surface area contributed by atoms with Crippen LogP contribution in [0, 0.1) is 0 Å². The Labute approximate surface area is 188 Å². The molecule has 4 rings (SSSR count). The number of piperidine rings is 1. The van der Waals surface area contributed by atoms with Gasteiger partial charge in [0.25, 0.3) is 0 Å². The fourth-order valence-electron chi connectivity index (χ4n) is 4.14. The molecule has 3 heterocycles. The number of piperazine rings is 1. The summed E-state index contributed by atoms with van der Waals surface area (Å²) < 4.78 is 19.8. The second-order valence-corrected chi connectivity index (χ2v) is 9.69. The van der Waals surface area contributed by atoms with Gasteiger partial charge >= 0.3 is 0 Å². The van der Waals surface area contributed by atoms with Crippen LogP contribution in [0.5, 0.6) is 5.75 Å². The summed E-state index contributed by atoms with van der Waals surface area (Å²) in [6.45, 7) is 8.55.